The van der Waals surface area contributed by atoms with Crippen LogP contribution in [0.5, 0.6) is 17.5 Å². The van der Waals surface area contributed by atoms with Gasteiger partial charge in [0.25, 0.3) is 0 Å². The van der Waals surface area contributed by atoms with Crippen LogP contribution in [-0.4, -0.2) is 33.7 Å². The van der Waals surface area contributed by atoms with Crippen molar-refractivity contribution in [3.8, 4) is 17.5 Å². The Labute approximate surface area is 171 Å². The summed E-state index contributed by atoms with van der Waals surface area (Å²) in [7, 11) is 0. The van der Waals surface area contributed by atoms with E-state index in [2.05, 4.69) is 4.74 Å². The number of aromatic hydroxyl groups is 2. The minimum absolute atomic E-state index is 0.0106. The molecular weight excluding hydrogens is 433 g/mol. The Morgan fingerprint density at radius 2 is 1.83 bits per heavy atom. The Bertz CT molecular complexity index is 1160. The third kappa shape index (κ3) is 4.08. The number of hydrogen-bond donors (Lipinski definition) is 2. The highest BCUT2D eigenvalue weighted by atomic mass is 35.5. The molecule has 12 heteroatoms. The van der Waals surface area contributed by atoms with Gasteiger partial charge in [0, 0.05) is 24.4 Å². The molecule has 3 rings (SSSR count). The first-order chi connectivity index (χ1) is 13.7. The molecular formula is C17H11Cl2NO9. The Balaban J connectivity index is 1.98. The largest absolute Gasteiger partial charge is 0.492 e. The highest BCUT2D eigenvalue weighted by molar-refractivity contribution is 6.40. The zero-order valence-electron chi connectivity index (χ0n) is 14.5. The molecule has 0 aliphatic rings. The van der Waals surface area contributed by atoms with Gasteiger partial charge in [-0.15, -0.1) is 4.73 Å². The summed E-state index contributed by atoms with van der Waals surface area (Å²) in [5, 5.41) is 19.0. The number of aromatic nitrogens is 1. The monoisotopic (exact) mass is 443 g/mol. The van der Waals surface area contributed by atoms with Crippen LogP contribution in [0.25, 0.3) is 11.0 Å². The maximum Gasteiger partial charge on any atom is 0.371 e. The Hall–Kier alpha value is -3.37. The van der Waals surface area contributed by atoms with E-state index in [9.17, 15) is 24.6 Å². The van der Waals surface area contributed by atoms with Crippen LogP contribution < -0.4 is 15.2 Å². The van der Waals surface area contributed by atoms with Crippen molar-refractivity contribution in [3.63, 3.8) is 0 Å². The molecule has 2 N–H and O–H groups in total. The average Bonchev–Trinajstić information content (AvgIpc) is 2.96. The summed E-state index contributed by atoms with van der Waals surface area (Å²) in [4.78, 5) is 40.1. The van der Waals surface area contributed by atoms with Crippen LogP contribution in [-0.2, 0) is 9.53 Å². The summed E-state index contributed by atoms with van der Waals surface area (Å²) in [5.41, 5.74) is -1.79. The lowest BCUT2D eigenvalue weighted by Gasteiger charge is -2.11. The molecule has 152 valence electrons. The molecule has 0 aliphatic carbocycles. The van der Waals surface area contributed by atoms with Gasteiger partial charge in [-0.1, -0.05) is 23.2 Å². The first-order valence-corrected chi connectivity index (χ1v) is 8.49. The van der Waals surface area contributed by atoms with Crippen molar-refractivity contribution >= 4 is 46.1 Å². The zero-order chi connectivity index (χ0) is 21.3. The van der Waals surface area contributed by atoms with Gasteiger partial charge in [-0.25, -0.2) is 9.59 Å². The van der Waals surface area contributed by atoms with Crippen molar-refractivity contribution in [3.05, 3.63) is 50.3 Å². The average molecular weight is 444 g/mol. The van der Waals surface area contributed by atoms with Crippen LogP contribution in [0.1, 0.15) is 17.3 Å². The highest BCUT2D eigenvalue weighted by Crippen LogP contribution is 2.39. The number of esters is 1. The van der Waals surface area contributed by atoms with E-state index in [1.165, 1.54) is 13.0 Å². The van der Waals surface area contributed by atoms with Crippen LogP contribution in [0.15, 0.2) is 33.5 Å². The lowest BCUT2D eigenvalue weighted by molar-refractivity contribution is -0.147. The summed E-state index contributed by atoms with van der Waals surface area (Å²) in [5.74, 6) is -3.04. The molecule has 2 aromatic heterocycles. The third-order valence-electron chi connectivity index (χ3n) is 3.53. The number of hydrogen-bond acceptors (Lipinski definition) is 9. The second-order valence-electron chi connectivity index (χ2n) is 5.49. The van der Waals surface area contributed by atoms with E-state index in [-0.39, 0.29) is 26.8 Å². The van der Waals surface area contributed by atoms with Gasteiger partial charge >= 0.3 is 17.6 Å². The second-order valence-corrected chi connectivity index (χ2v) is 6.27. The summed E-state index contributed by atoms with van der Waals surface area (Å²) in [6.07, 6.45) is 0. The number of rotatable bonds is 5. The molecule has 0 radical (unpaired) electrons. The van der Waals surface area contributed by atoms with E-state index in [1.807, 2.05) is 0 Å². The maximum atomic E-state index is 12.3. The van der Waals surface area contributed by atoms with E-state index in [1.54, 1.807) is 0 Å². The quantitative estimate of drug-likeness (QED) is 0.345. The fourth-order valence-corrected chi connectivity index (χ4v) is 2.87. The molecule has 0 amide bonds. The molecule has 0 atom stereocenters. The van der Waals surface area contributed by atoms with Gasteiger partial charge in [0.05, 0.1) is 5.02 Å². The van der Waals surface area contributed by atoms with Crippen LogP contribution in [0, 0.1) is 0 Å². The first kappa shape index (κ1) is 20.4. The van der Waals surface area contributed by atoms with Crippen molar-refractivity contribution in [2.24, 2.45) is 0 Å². The van der Waals surface area contributed by atoms with E-state index >= 15 is 0 Å². The molecule has 10 nitrogen and oxygen atoms in total. The lowest BCUT2D eigenvalue weighted by atomic mass is 10.2. The molecule has 1 aromatic carbocycles. The smallest absolute Gasteiger partial charge is 0.371 e. The minimum atomic E-state index is -1.22. The number of benzene rings is 1. The number of fused-ring (bicyclic) bond motifs is 1. The van der Waals surface area contributed by atoms with Gasteiger partial charge in [0.1, 0.15) is 10.6 Å². The fraction of sp³-hybridized carbons (Fsp3) is 0.118. The number of carbonyl (C=O) groups is 2. The van der Waals surface area contributed by atoms with Crippen molar-refractivity contribution < 1.29 is 38.5 Å². The Kier molecular flexibility index (Phi) is 5.57. The van der Waals surface area contributed by atoms with Crippen LogP contribution in [0.3, 0.4) is 0 Å². The molecule has 0 saturated carbocycles. The van der Waals surface area contributed by atoms with Crippen LogP contribution in [0.4, 0.5) is 0 Å². The topological polar surface area (TPSA) is 137 Å². The standard InChI is InChI=1S/C17H11Cl2NO9/c1-7(21)26-6-27-15-10(18)5-8-4-9(16(24)28-14(8)13(15)19)17(25)29-20-11(22)2-3-12(20)23/h2-5,22-23H,6H2,1H3. The van der Waals surface area contributed by atoms with Gasteiger partial charge in [-0.3, -0.25) is 4.79 Å². The van der Waals surface area contributed by atoms with E-state index in [0.29, 0.717) is 4.73 Å². The number of nitrogens with zero attached hydrogens (tertiary/aromatic N) is 1. The van der Waals surface area contributed by atoms with E-state index < -0.39 is 41.7 Å². The third-order valence-corrected chi connectivity index (χ3v) is 4.16. The predicted octanol–water partition coefficient (Wildman–Crippen LogP) is 2.48. The summed E-state index contributed by atoms with van der Waals surface area (Å²) in [6.45, 7) is 0.707. The normalized spacial score (nSPS) is 10.7. The SMILES string of the molecule is CC(=O)OCOc1c(Cl)cc2cc(C(=O)On3c(O)ccc3O)c(=O)oc2c1Cl. The molecule has 3 aromatic rings. The summed E-state index contributed by atoms with van der Waals surface area (Å²) >= 11 is 12.2. The molecule has 0 spiro atoms. The van der Waals surface area contributed by atoms with Gasteiger partial charge in [0.2, 0.25) is 18.6 Å². The first-order valence-electron chi connectivity index (χ1n) is 7.73. The lowest BCUT2D eigenvalue weighted by Crippen LogP contribution is -2.24. The molecule has 0 saturated heterocycles. The molecule has 0 aliphatic heterocycles. The van der Waals surface area contributed by atoms with Gasteiger partial charge in [-0.2, -0.15) is 0 Å². The number of carbonyl (C=O) groups excluding carboxylic acids is 2. The maximum absolute atomic E-state index is 12.3. The molecule has 0 bridgehead atoms. The highest BCUT2D eigenvalue weighted by Gasteiger charge is 2.22. The van der Waals surface area contributed by atoms with E-state index in [0.717, 1.165) is 18.2 Å². The summed E-state index contributed by atoms with van der Waals surface area (Å²) < 4.78 is 15.3. The summed E-state index contributed by atoms with van der Waals surface area (Å²) in [6, 6.07) is 4.55. The number of halogens is 2. The zero-order valence-corrected chi connectivity index (χ0v) is 16.0. The Morgan fingerprint density at radius 1 is 1.17 bits per heavy atom. The van der Waals surface area contributed by atoms with Gasteiger partial charge in [-0.05, 0) is 12.1 Å². The van der Waals surface area contributed by atoms with Crippen LogP contribution >= 0.6 is 23.2 Å². The minimum Gasteiger partial charge on any atom is -0.492 e. The molecule has 0 unspecified atom stereocenters. The number of ether oxygens (including phenoxy) is 2. The van der Waals surface area contributed by atoms with E-state index in [4.69, 9.17) is 37.2 Å². The van der Waals surface area contributed by atoms with Crippen molar-refractivity contribution in [1.29, 1.82) is 0 Å². The molecule has 2 heterocycles. The van der Waals surface area contributed by atoms with Crippen molar-refractivity contribution in [1.82, 2.24) is 4.73 Å². The Morgan fingerprint density at radius 3 is 2.45 bits per heavy atom. The molecule has 0 fully saturated rings. The van der Waals surface area contributed by atoms with Crippen molar-refractivity contribution in [2.75, 3.05) is 6.79 Å². The predicted molar refractivity (Wildman–Crippen MR) is 98.4 cm³/mol. The van der Waals surface area contributed by atoms with Crippen LogP contribution in [0.2, 0.25) is 10.0 Å². The fourth-order valence-electron chi connectivity index (χ4n) is 2.25. The van der Waals surface area contributed by atoms with Crippen molar-refractivity contribution in [2.45, 2.75) is 6.92 Å². The second kappa shape index (κ2) is 7.94. The van der Waals surface area contributed by atoms with Gasteiger partial charge < -0.3 is 28.9 Å². The molecule has 29 heavy (non-hydrogen) atoms. The van der Waals surface area contributed by atoms with Gasteiger partial charge in [0.15, 0.2) is 11.3 Å².